The Kier molecular flexibility index (Phi) is 4.77. The quantitative estimate of drug-likeness (QED) is 0.537. The summed E-state index contributed by atoms with van der Waals surface area (Å²) in [6, 6.07) is 8.46. The Balaban J connectivity index is 3.08. The summed E-state index contributed by atoms with van der Waals surface area (Å²) >= 11 is 0. The molecule has 0 radical (unpaired) electrons. The molecule has 0 unspecified atom stereocenters. The largest absolute Gasteiger partial charge is 0.496 e. The first-order valence-corrected chi connectivity index (χ1v) is 6.47. The molecule has 0 saturated carbocycles. The van der Waals surface area contributed by atoms with Gasteiger partial charge in [-0.2, -0.15) is 0 Å². The first-order chi connectivity index (χ1) is 8.75. The first kappa shape index (κ1) is 15.3. The minimum atomic E-state index is 0.163. The SMILES string of the molecule is C=C(C)C(=C)/C=C(\OC)c1ccc(C(C)(C)C)cc1. The van der Waals surface area contributed by atoms with E-state index in [2.05, 4.69) is 58.2 Å². The van der Waals surface area contributed by atoms with E-state index in [1.807, 2.05) is 13.0 Å². The van der Waals surface area contributed by atoms with Gasteiger partial charge in [0.25, 0.3) is 0 Å². The molecule has 0 amide bonds. The number of methoxy groups -OCH3 is 1. The van der Waals surface area contributed by atoms with Crippen molar-refractivity contribution in [1.29, 1.82) is 0 Å². The summed E-state index contributed by atoms with van der Waals surface area (Å²) < 4.78 is 5.44. The van der Waals surface area contributed by atoms with Gasteiger partial charge in [-0.15, -0.1) is 0 Å². The van der Waals surface area contributed by atoms with Gasteiger partial charge in [-0.05, 0) is 29.6 Å². The van der Waals surface area contributed by atoms with Crippen molar-refractivity contribution in [2.45, 2.75) is 33.1 Å². The van der Waals surface area contributed by atoms with Gasteiger partial charge in [0.2, 0.25) is 0 Å². The van der Waals surface area contributed by atoms with Crippen LogP contribution < -0.4 is 0 Å². The maximum atomic E-state index is 5.44. The minimum absolute atomic E-state index is 0.163. The molecular weight excluding hydrogens is 232 g/mol. The van der Waals surface area contributed by atoms with E-state index < -0.39 is 0 Å². The van der Waals surface area contributed by atoms with Crippen LogP contribution in [0.5, 0.6) is 0 Å². The number of ether oxygens (including phenoxy) is 1. The molecule has 1 heteroatoms. The van der Waals surface area contributed by atoms with Crippen LogP contribution in [0.2, 0.25) is 0 Å². The topological polar surface area (TPSA) is 9.23 Å². The molecule has 1 rings (SSSR count). The third-order valence-corrected chi connectivity index (χ3v) is 3.11. The lowest BCUT2D eigenvalue weighted by Crippen LogP contribution is -2.10. The van der Waals surface area contributed by atoms with Crippen molar-refractivity contribution in [2.24, 2.45) is 0 Å². The summed E-state index contributed by atoms with van der Waals surface area (Å²) in [4.78, 5) is 0. The first-order valence-electron chi connectivity index (χ1n) is 6.47. The molecule has 0 aliphatic carbocycles. The number of benzene rings is 1. The van der Waals surface area contributed by atoms with E-state index in [4.69, 9.17) is 4.74 Å². The maximum absolute atomic E-state index is 5.44. The Morgan fingerprint density at radius 1 is 1.11 bits per heavy atom. The summed E-state index contributed by atoms with van der Waals surface area (Å²) in [5.74, 6) is 0.813. The average molecular weight is 256 g/mol. The third kappa shape index (κ3) is 4.13. The van der Waals surface area contributed by atoms with Crippen molar-refractivity contribution in [1.82, 2.24) is 0 Å². The lowest BCUT2D eigenvalue weighted by atomic mass is 9.86. The van der Waals surface area contributed by atoms with Crippen LogP contribution in [0.3, 0.4) is 0 Å². The predicted octanol–water partition coefficient (Wildman–Crippen LogP) is 5.10. The van der Waals surface area contributed by atoms with Crippen molar-refractivity contribution >= 4 is 5.76 Å². The van der Waals surface area contributed by atoms with Crippen molar-refractivity contribution in [3.05, 3.63) is 65.8 Å². The highest BCUT2D eigenvalue weighted by Gasteiger charge is 2.13. The second-order valence-corrected chi connectivity index (χ2v) is 5.85. The normalized spacial score (nSPS) is 12.2. The van der Waals surface area contributed by atoms with Gasteiger partial charge in [-0.25, -0.2) is 0 Å². The van der Waals surface area contributed by atoms with Crippen molar-refractivity contribution in [2.75, 3.05) is 7.11 Å². The van der Waals surface area contributed by atoms with Crippen LogP contribution in [0.25, 0.3) is 5.76 Å². The Bertz CT molecular complexity index is 495. The lowest BCUT2D eigenvalue weighted by molar-refractivity contribution is 0.370. The molecule has 0 spiro atoms. The zero-order valence-corrected chi connectivity index (χ0v) is 12.7. The van der Waals surface area contributed by atoms with Gasteiger partial charge in [0.15, 0.2) is 0 Å². The van der Waals surface area contributed by atoms with E-state index in [-0.39, 0.29) is 5.41 Å². The molecule has 1 aromatic carbocycles. The van der Waals surface area contributed by atoms with Crippen LogP contribution in [0.15, 0.2) is 54.6 Å². The molecule has 0 aliphatic heterocycles. The lowest BCUT2D eigenvalue weighted by Gasteiger charge is -2.19. The molecule has 1 aromatic rings. The van der Waals surface area contributed by atoms with Crippen LogP contribution >= 0.6 is 0 Å². The second kappa shape index (κ2) is 5.92. The van der Waals surface area contributed by atoms with E-state index in [9.17, 15) is 0 Å². The van der Waals surface area contributed by atoms with E-state index in [1.54, 1.807) is 7.11 Å². The van der Waals surface area contributed by atoms with Crippen LogP contribution in [0.1, 0.15) is 38.8 Å². The van der Waals surface area contributed by atoms with Gasteiger partial charge in [-0.3, -0.25) is 0 Å². The molecule has 0 aliphatic rings. The fourth-order valence-electron chi connectivity index (χ4n) is 1.68. The molecule has 1 nitrogen and oxygen atoms in total. The van der Waals surface area contributed by atoms with Gasteiger partial charge in [-0.1, -0.05) is 63.8 Å². The second-order valence-electron chi connectivity index (χ2n) is 5.85. The van der Waals surface area contributed by atoms with Gasteiger partial charge in [0, 0.05) is 5.56 Å². The van der Waals surface area contributed by atoms with E-state index in [1.165, 1.54) is 5.56 Å². The average Bonchev–Trinajstić information content (AvgIpc) is 2.34. The minimum Gasteiger partial charge on any atom is -0.496 e. The monoisotopic (exact) mass is 256 g/mol. The highest BCUT2D eigenvalue weighted by atomic mass is 16.5. The van der Waals surface area contributed by atoms with Crippen molar-refractivity contribution in [3.63, 3.8) is 0 Å². The smallest absolute Gasteiger partial charge is 0.126 e. The fourth-order valence-corrected chi connectivity index (χ4v) is 1.68. The summed E-state index contributed by atoms with van der Waals surface area (Å²) in [5.41, 5.74) is 4.36. The zero-order chi connectivity index (χ0) is 14.6. The highest BCUT2D eigenvalue weighted by molar-refractivity contribution is 5.64. The van der Waals surface area contributed by atoms with Crippen LogP contribution in [-0.2, 0) is 10.2 Å². The molecule has 0 fully saturated rings. The van der Waals surface area contributed by atoms with Crippen LogP contribution in [0.4, 0.5) is 0 Å². The molecule has 0 bridgehead atoms. The van der Waals surface area contributed by atoms with E-state index >= 15 is 0 Å². The molecule has 102 valence electrons. The van der Waals surface area contributed by atoms with Gasteiger partial charge in [0.1, 0.15) is 5.76 Å². The Labute approximate surface area is 117 Å². The highest BCUT2D eigenvalue weighted by Crippen LogP contribution is 2.25. The Morgan fingerprint density at radius 3 is 2.00 bits per heavy atom. The third-order valence-electron chi connectivity index (χ3n) is 3.11. The number of hydrogen-bond donors (Lipinski definition) is 0. The summed E-state index contributed by atoms with van der Waals surface area (Å²) in [6.45, 7) is 16.4. The summed E-state index contributed by atoms with van der Waals surface area (Å²) in [6.07, 6.45) is 1.93. The Hall–Kier alpha value is -1.76. The Morgan fingerprint density at radius 2 is 1.63 bits per heavy atom. The van der Waals surface area contributed by atoms with Crippen molar-refractivity contribution in [3.8, 4) is 0 Å². The van der Waals surface area contributed by atoms with Gasteiger partial charge >= 0.3 is 0 Å². The van der Waals surface area contributed by atoms with Crippen LogP contribution in [0, 0.1) is 0 Å². The molecule has 0 atom stereocenters. The van der Waals surface area contributed by atoms with Crippen molar-refractivity contribution < 1.29 is 4.74 Å². The fraction of sp³-hybridized carbons (Fsp3) is 0.333. The van der Waals surface area contributed by atoms with E-state index in [0.29, 0.717) is 0 Å². The van der Waals surface area contributed by atoms with Gasteiger partial charge in [0.05, 0.1) is 7.11 Å². The zero-order valence-electron chi connectivity index (χ0n) is 12.7. The van der Waals surface area contributed by atoms with Crippen LogP contribution in [-0.4, -0.2) is 7.11 Å². The number of rotatable bonds is 4. The molecule has 0 aromatic heterocycles. The molecule has 0 N–H and O–H groups in total. The molecule has 0 saturated heterocycles. The number of hydrogen-bond acceptors (Lipinski definition) is 1. The maximum Gasteiger partial charge on any atom is 0.126 e. The number of allylic oxidation sites excluding steroid dienone is 3. The predicted molar refractivity (Wildman–Crippen MR) is 84.1 cm³/mol. The van der Waals surface area contributed by atoms with E-state index in [0.717, 1.165) is 22.5 Å². The standard InChI is InChI=1S/C18H24O/c1-13(2)14(3)12-17(19-7)15-8-10-16(11-9-15)18(4,5)6/h8-12H,1,3H2,2,4-7H3/b17-12-. The molecule has 19 heavy (non-hydrogen) atoms. The summed E-state index contributed by atoms with van der Waals surface area (Å²) in [7, 11) is 1.68. The molecule has 0 heterocycles. The van der Waals surface area contributed by atoms with Gasteiger partial charge < -0.3 is 4.74 Å². The summed E-state index contributed by atoms with van der Waals surface area (Å²) in [5, 5.41) is 0. The molecular formula is C18H24O.